The minimum absolute atomic E-state index is 0.0469. The minimum atomic E-state index is -0.599. The lowest BCUT2D eigenvalue weighted by molar-refractivity contribution is 0.0371. The summed E-state index contributed by atoms with van der Waals surface area (Å²) in [7, 11) is 0. The molecule has 0 saturated carbocycles. The predicted molar refractivity (Wildman–Crippen MR) is 98.3 cm³/mol. The van der Waals surface area contributed by atoms with Crippen LogP contribution < -0.4 is 5.32 Å². The fourth-order valence-electron chi connectivity index (χ4n) is 2.40. The largest absolute Gasteiger partial charge is 0.458 e. The minimum Gasteiger partial charge on any atom is -0.458 e. The molecule has 140 valence electrons. The molecule has 3 rings (SSSR count). The Bertz CT molecular complexity index is 944. The molecule has 1 aromatic carbocycles. The van der Waals surface area contributed by atoms with E-state index in [0.717, 1.165) is 5.56 Å². The lowest BCUT2D eigenvalue weighted by Gasteiger charge is -2.07. The van der Waals surface area contributed by atoms with E-state index >= 15 is 0 Å². The van der Waals surface area contributed by atoms with E-state index in [4.69, 9.17) is 9.26 Å². The Morgan fingerprint density at radius 1 is 1.26 bits per heavy atom. The van der Waals surface area contributed by atoms with Crippen molar-refractivity contribution in [2.75, 3.05) is 5.32 Å². The molecule has 8 nitrogen and oxygen atoms in total. The van der Waals surface area contributed by atoms with Gasteiger partial charge in [-0.05, 0) is 20.8 Å². The van der Waals surface area contributed by atoms with Crippen LogP contribution in [0, 0.1) is 0 Å². The fourth-order valence-corrected chi connectivity index (χ4v) is 2.40. The average Bonchev–Trinajstić information content (AvgIpc) is 3.29. The van der Waals surface area contributed by atoms with E-state index in [1.54, 1.807) is 30.8 Å². The molecule has 1 amide bonds. The van der Waals surface area contributed by atoms with Gasteiger partial charge in [0, 0.05) is 24.4 Å². The predicted octanol–water partition coefficient (Wildman–Crippen LogP) is 3.38. The molecule has 0 atom stereocenters. The summed E-state index contributed by atoms with van der Waals surface area (Å²) < 4.78 is 12.0. The molecule has 0 aliphatic rings. The third-order valence-electron chi connectivity index (χ3n) is 3.67. The van der Waals surface area contributed by atoms with Gasteiger partial charge in [-0.15, -0.1) is 0 Å². The summed E-state index contributed by atoms with van der Waals surface area (Å²) >= 11 is 0. The number of aromatic nitrogens is 3. The number of amides is 1. The summed E-state index contributed by atoms with van der Waals surface area (Å²) in [4.78, 5) is 24.8. The molecule has 2 heterocycles. The Morgan fingerprint density at radius 3 is 2.67 bits per heavy atom. The van der Waals surface area contributed by atoms with E-state index < -0.39 is 11.9 Å². The summed E-state index contributed by atoms with van der Waals surface area (Å²) in [5.74, 6) is -0.628. The number of aryl methyl sites for hydroxylation is 1. The van der Waals surface area contributed by atoms with Crippen molar-refractivity contribution in [3.05, 3.63) is 54.0 Å². The SMILES string of the molecule is CCn1cc(NC(=O)c2cc(-c3ccccc3)on2)c(C(=O)OC(C)C)n1. The normalized spacial score (nSPS) is 10.8. The highest BCUT2D eigenvalue weighted by Crippen LogP contribution is 2.21. The Labute approximate surface area is 156 Å². The van der Waals surface area contributed by atoms with E-state index in [1.165, 1.54) is 0 Å². The highest BCUT2D eigenvalue weighted by molar-refractivity contribution is 6.06. The van der Waals surface area contributed by atoms with Gasteiger partial charge in [0.2, 0.25) is 0 Å². The molecule has 0 fully saturated rings. The van der Waals surface area contributed by atoms with Gasteiger partial charge >= 0.3 is 5.97 Å². The average molecular weight is 368 g/mol. The highest BCUT2D eigenvalue weighted by atomic mass is 16.5. The number of esters is 1. The van der Waals surface area contributed by atoms with Crippen LogP contribution in [0.5, 0.6) is 0 Å². The van der Waals surface area contributed by atoms with Crippen molar-refractivity contribution in [2.45, 2.75) is 33.4 Å². The van der Waals surface area contributed by atoms with Crippen LogP contribution in [-0.2, 0) is 11.3 Å². The van der Waals surface area contributed by atoms with Crippen molar-refractivity contribution in [3.8, 4) is 11.3 Å². The first-order valence-electron chi connectivity index (χ1n) is 8.59. The quantitative estimate of drug-likeness (QED) is 0.670. The molecule has 0 unspecified atom stereocenters. The number of anilines is 1. The van der Waals surface area contributed by atoms with Gasteiger partial charge in [-0.25, -0.2) is 4.79 Å². The zero-order valence-electron chi connectivity index (χ0n) is 15.3. The number of carbonyl (C=O) groups excluding carboxylic acids is 2. The van der Waals surface area contributed by atoms with E-state index in [-0.39, 0.29) is 23.2 Å². The third kappa shape index (κ3) is 4.22. The first-order chi connectivity index (χ1) is 13.0. The van der Waals surface area contributed by atoms with Crippen LogP contribution in [-0.4, -0.2) is 32.9 Å². The number of nitrogens with zero attached hydrogens (tertiary/aromatic N) is 3. The van der Waals surface area contributed by atoms with Crippen LogP contribution in [0.4, 0.5) is 5.69 Å². The zero-order valence-corrected chi connectivity index (χ0v) is 15.3. The Morgan fingerprint density at radius 2 is 2.00 bits per heavy atom. The molecule has 27 heavy (non-hydrogen) atoms. The molecule has 0 saturated heterocycles. The molecular weight excluding hydrogens is 348 g/mol. The third-order valence-corrected chi connectivity index (χ3v) is 3.67. The molecule has 3 aromatic rings. The van der Waals surface area contributed by atoms with Crippen molar-refractivity contribution < 1.29 is 18.8 Å². The Kier molecular flexibility index (Phi) is 5.35. The van der Waals surface area contributed by atoms with Crippen LogP contribution in [0.2, 0.25) is 0 Å². The van der Waals surface area contributed by atoms with Gasteiger partial charge in [0.1, 0.15) is 0 Å². The van der Waals surface area contributed by atoms with Crippen molar-refractivity contribution >= 4 is 17.6 Å². The first kappa shape index (κ1) is 18.4. The first-order valence-corrected chi connectivity index (χ1v) is 8.59. The molecule has 0 aliphatic carbocycles. The van der Waals surface area contributed by atoms with Gasteiger partial charge in [0.25, 0.3) is 5.91 Å². The number of ether oxygens (including phenoxy) is 1. The molecule has 0 spiro atoms. The standard InChI is InChI=1S/C19H20N4O4/c1-4-23-11-15(17(21-23)19(25)26-12(2)3)20-18(24)14-10-16(27-22-14)13-8-6-5-7-9-13/h5-12H,4H2,1-3H3,(H,20,24). The van der Waals surface area contributed by atoms with Crippen LogP contribution in [0.15, 0.2) is 47.1 Å². The van der Waals surface area contributed by atoms with Gasteiger partial charge in [-0.3, -0.25) is 9.48 Å². The lowest BCUT2D eigenvalue weighted by atomic mass is 10.1. The van der Waals surface area contributed by atoms with Crippen LogP contribution in [0.25, 0.3) is 11.3 Å². The van der Waals surface area contributed by atoms with Gasteiger partial charge < -0.3 is 14.6 Å². The second kappa shape index (κ2) is 7.86. The molecule has 8 heteroatoms. The van der Waals surface area contributed by atoms with E-state index in [2.05, 4.69) is 15.6 Å². The summed E-state index contributed by atoms with van der Waals surface area (Å²) in [6.45, 7) is 5.90. The molecule has 1 N–H and O–H groups in total. The van der Waals surface area contributed by atoms with E-state index in [1.807, 2.05) is 37.3 Å². The second-order valence-electron chi connectivity index (χ2n) is 6.10. The van der Waals surface area contributed by atoms with Crippen molar-refractivity contribution in [1.82, 2.24) is 14.9 Å². The van der Waals surface area contributed by atoms with Gasteiger partial charge in [-0.1, -0.05) is 35.5 Å². The highest BCUT2D eigenvalue weighted by Gasteiger charge is 2.22. The van der Waals surface area contributed by atoms with Crippen molar-refractivity contribution in [3.63, 3.8) is 0 Å². The zero-order chi connectivity index (χ0) is 19.4. The summed E-state index contributed by atoms with van der Waals surface area (Å²) in [5, 5.41) is 10.6. The second-order valence-corrected chi connectivity index (χ2v) is 6.10. The molecule has 2 aromatic heterocycles. The van der Waals surface area contributed by atoms with E-state index in [0.29, 0.717) is 12.3 Å². The van der Waals surface area contributed by atoms with Crippen molar-refractivity contribution in [1.29, 1.82) is 0 Å². The topological polar surface area (TPSA) is 99.2 Å². The number of nitrogens with one attached hydrogen (secondary N) is 1. The number of carbonyl (C=O) groups is 2. The maximum absolute atomic E-state index is 12.5. The lowest BCUT2D eigenvalue weighted by Crippen LogP contribution is -2.17. The molecule has 0 bridgehead atoms. The van der Waals surface area contributed by atoms with Gasteiger partial charge in [0.15, 0.2) is 17.1 Å². The molecule has 0 radical (unpaired) electrons. The Hall–Kier alpha value is -3.42. The smallest absolute Gasteiger partial charge is 0.361 e. The molecular formula is C19H20N4O4. The fraction of sp³-hybridized carbons (Fsp3) is 0.263. The maximum atomic E-state index is 12.5. The summed E-state index contributed by atoms with van der Waals surface area (Å²) in [5.41, 5.74) is 1.22. The maximum Gasteiger partial charge on any atom is 0.361 e. The number of hydrogen-bond donors (Lipinski definition) is 1. The van der Waals surface area contributed by atoms with Crippen LogP contribution in [0.3, 0.4) is 0 Å². The number of benzene rings is 1. The monoisotopic (exact) mass is 368 g/mol. The van der Waals surface area contributed by atoms with E-state index in [9.17, 15) is 9.59 Å². The van der Waals surface area contributed by atoms with Crippen LogP contribution in [0.1, 0.15) is 41.7 Å². The molecule has 0 aliphatic heterocycles. The summed E-state index contributed by atoms with van der Waals surface area (Å²) in [6.07, 6.45) is 1.28. The van der Waals surface area contributed by atoms with Crippen LogP contribution >= 0.6 is 0 Å². The Balaban J connectivity index is 1.81. The number of rotatable bonds is 6. The van der Waals surface area contributed by atoms with Gasteiger partial charge in [0.05, 0.1) is 11.8 Å². The summed E-state index contributed by atoms with van der Waals surface area (Å²) in [6, 6.07) is 10.9. The number of hydrogen-bond acceptors (Lipinski definition) is 6. The van der Waals surface area contributed by atoms with Gasteiger partial charge in [-0.2, -0.15) is 5.10 Å². The van der Waals surface area contributed by atoms with Crippen molar-refractivity contribution in [2.24, 2.45) is 0 Å².